The van der Waals surface area contributed by atoms with Crippen LogP contribution in [0.5, 0.6) is 0 Å². The maximum Gasteiger partial charge on any atom is 0.337 e. The molecule has 0 fully saturated rings. The van der Waals surface area contributed by atoms with Crippen molar-refractivity contribution in [2.75, 3.05) is 7.11 Å². The van der Waals surface area contributed by atoms with Crippen molar-refractivity contribution < 1.29 is 14.6 Å². The Kier molecular flexibility index (Phi) is 3.29. The van der Waals surface area contributed by atoms with Crippen LogP contribution in [0.4, 0.5) is 0 Å². The molecular weight excluding hydrogens is 156 g/mol. The minimum absolute atomic E-state index is 0.717. The molecule has 0 aromatic carbocycles. The molecule has 3 nitrogen and oxygen atoms in total. The lowest BCUT2D eigenvalue weighted by Gasteiger charge is -2.17. The van der Waals surface area contributed by atoms with E-state index in [1.54, 1.807) is 0 Å². The zero-order valence-electron chi connectivity index (χ0n) is 7.25. The van der Waals surface area contributed by atoms with Gasteiger partial charge in [-0.1, -0.05) is 6.08 Å². The van der Waals surface area contributed by atoms with E-state index in [-0.39, 0.29) is 0 Å². The molecule has 0 amide bonds. The summed E-state index contributed by atoms with van der Waals surface area (Å²) in [5.74, 6) is -0.884. The highest BCUT2D eigenvalue weighted by molar-refractivity contribution is 5.76. The summed E-state index contributed by atoms with van der Waals surface area (Å²) in [4.78, 5) is 10.7. The fourth-order valence-electron chi connectivity index (χ4n) is 1.51. The normalized spacial score (nSPS) is 19.9. The summed E-state index contributed by atoms with van der Waals surface area (Å²) >= 11 is 0. The molecule has 1 aliphatic rings. The fourth-order valence-corrected chi connectivity index (χ4v) is 1.51. The van der Waals surface area contributed by atoms with E-state index >= 15 is 0 Å². The van der Waals surface area contributed by atoms with Gasteiger partial charge in [0.15, 0.2) is 6.10 Å². The third-order valence-electron chi connectivity index (χ3n) is 2.12. The van der Waals surface area contributed by atoms with Crippen molar-refractivity contribution in [2.45, 2.75) is 31.8 Å². The number of allylic oxidation sites excluding steroid dienone is 1. The van der Waals surface area contributed by atoms with Gasteiger partial charge in [-0.2, -0.15) is 0 Å². The Bertz CT molecular complexity index is 196. The second-order valence-electron chi connectivity index (χ2n) is 2.98. The van der Waals surface area contributed by atoms with Crippen molar-refractivity contribution in [2.24, 2.45) is 0 Å². The molecule has 3 heteroatoms. The molecule has 68 valence electrons. The molecule has 1 rings (SSSR count). The smallest absolute Gasteiger partial charge is 0.337 e. The van der Waals surface area contributed by atoms with Crippen molar-refractivity contribution in [3.05, 3.63) is 11.6 Å². The molecule has 0 aliphatic heterocycles. The summed E-state index contributed by atoms with van der Waals surface area (Å²) in [6.45, 7) is 0. The minimum Gasteiger partial charge on any atom is -0.479 e. The topological polar surface area (TPSA) is 46.5 Å². The first-order valence-electron chi connectivity index (χ1n) is 4.20. The fraction of sp³-hybridized carbons (Fsp3) is 0.667. The van der Waals surface area contributed by atoms with Gasteiger partial charge < -0.3 is 9.84 Å². The van der Waals surface area contributed by atoms with Crippen molar-refractivity contribution in [1.29, 1.82) is 0 Å². The number of carboxylic acid groups (broad SMARTS) is 1. The zero-order chi connectivity index (χ0) is 8.97. The molecule has 12 heavy (non-hydrogen) atoms. The van der Waals surface area contributed by atoms with E-state index in [9.17, 15) is 4.79 Å². The number of ether oxygens (including phenoxy) is 1. The quantitative estimate of drug-likeness (QED) is 0.654. The van der Waals surface area contributed by atoms with Crippen LogP contribution in [-0.2, 0) is 9.53 Å². The van der Waals surface area contributed by atoms with Gasteiger partial charge in [0.2, 0.25) is 0 Å². The molecule has 0 heterocycles. The third kappa shape index (κ3) is 2.08. The second kappa shape index (κ2) is 4.26. The molecule has 0 radical (unpaired) electrons. The van der Waals surface area contributed by atoms with Crippen LogP contribution in [0.25, 0.3) is 0 Å². The molecule has 0 spiro atoms. The van der Waals surface area contributed by atoms with E-state index in [1.165, 1.54) is 13.5 Å². The van der Waals surface area contributed by atoms with Crippen molar-refractivity contribution in [3.63, 3.8) is 0 Å². The molecule has 0 saturated carbocycles. The molecule has 0 saturated heterocycles. The number of carbonyl (C=O) groups is 1. The van der Waals surface area contributed by atoms with Gasteiger partial charge in [0, 0.05) is 7.11 Å². The largest absolute Gasteiger partial charge is 0.479 e. The van der Waals surface area contributed by atoms with E-state index in [2.05, 4.69) is 0 Å². The van der Waals surface area contributed by atoms with Crippen LogP contribution in [0.2, 0.25) is 0 Å². The van der Waals surface area contributed by atoms with Gasteiger partial charge >= 0.3 is 5.97 Å². The van der Waals surface area contributed by atoms with E-state index in [4.69, 9.17) is 9.84 Å². The number of methoxy groups -OCH3 is 1. The van der Waals surface area contributed by atoms with E-state index in [1.807, 2.05) is 6.08 Å². The van der Waals surface area contributed by atoms with Gasteiger partial charge in [0.1, 0.15) is 0 Å². The summed E-state index contributed by atoms with van der Waals surface area (Å²) in [5.41, 5.74) is 0.927. The summed E-state index contributed by atoms with van der Waals surface area (Å²) < 4.78 is 4.88. The first-order valence-corrected chi connectivity index (χ1v) is 4.20. The lowest BCUT2D eigenvalue weighted by molar-refractivity contribution is -0.146. The summed E-state index contributed by atoms with van der Waals surface area (Å²) in [7, 11) is 1.44. The Morgan fingerprint density at radius 2 is 2.42 bits per heavy atom. The number of rotatable bonds is 3. The zero-order valence-corrected chi connectivity index (χ0v) is 7.25. The maximum absolute atomic E-state index is 10.7. The van der Waals surface area contributed by atoms with Gasteiger partial charge in [-0.05, 0) is 31.3 Å². The van der Waals surface area contributed by atoms with Crippen molar-refractivity contribution in [3.8, 4) is 0 Å². The van der Waals surface area contributed by atoms with Crippen LogP contribution in [0, 0.1) is 0 Å². The Balaban J connectivity index is 2.64. The number of hydrogen-bond acceptors (Lipinski definition) is 2. The molecule has 0 bridgehead atoms. The van der Waals surface area contributed by atoms with Gasteiger partial charge in [-0.3, -0.25) is 0 Å². The highest BCUT2D eigenvalue weighted by Gasteiger charge is 2.22. The summed E-state index contributed by atoms with van der Waals surface area (Å²) in [6, 6.07) is 0. The number of aliphatic carboxylic acids is 1. The van der Waals surface area contributed by atoms with Crippen LogP contribution in [0.15, 0.2) is 11.6 Å². The maximum atomic E-state index is 10.7. The minimum atomic E-state index is -0.884. The van der Waals surface area contributed by atoms with Gasteiger partial charge in [0.05, 0.1) is 0 Å². The highest BCUT2D eigenvalue weighted by atomic mass is 16.5. The van der Waals surface area contributed by atoms with Crippen LogP contribution < -0.4 is 0 Å². The molecule has 0 aromatic rings. The average Bonchev–Trinajstić information content (AvgIpc) is 2.07. The van der Waals surface area contributed by atoms with Crippen LogP contribution in [0.1, 0.15) is 25.7 Å². The van der Waals surface area contributed by atoms with E-state index in [0.29, 0.717) is 0 Å². The third-order valence-corrected chi connectivity index (χ3v) is 2.12. The molecule has 1 aliphatic carbocycles. The number of carboxylic acids is 1. The average molecular weight is 170 g/mol. The molecule has 0 aromatic heterocycles. The lowest BCUT2D eigenvalue weighted by atomic mass is 9.95. The molecule has 1 unspecified atom stereocenters. The van der Waals surface area contributed by atoms with Crippen molar-refractivity contribution >= 4 is 5.97 Å². The first-order chi connectivity index (χ1) is 5.75. The molecular formula is C9H14O3. The van der Waals surface area contributed by atoms with Crippen molar-refractivity contribution in [1.82, 2.24) is 0 Å². The standard InChI is InChI=1S/C9H14O3/c1-12-8(9(10)11)7-5-3-2-4-6-7/h5,8H,2-4,6H2,1H3,(H,10,11). The molecule has 1 atom stereocenters. The lowest BCUT2D eigenvalue weighted by Crippen LogP contribution is -2.25. The monoisotopic (exact) mass is 170 g/mol. The van der Waals surface area contributed by atoms with E-state index < -0.39 is 12.1 Å². The summed E-state index contributed by atoms with van der Waals surface area (Å²) in [6.07, 6.45) is 5.38. The predicted octanol–water partition coefficient (Wildman–Crippen LogP) is 1.59. The van der Waals surface area contributed by atoms with Gasteiger partial charge in [0.25, 0.3) is 0 Å². The number of hydrogen-bond donors (Lipinski definition) is 1. The van der Waals surface area contributed by atoms with Crippen LogP contribution >= 0.6 is 0 Å². The summed E-state index contributed by atoms with van der Waals surface area (Å²) in [5, 5.41) is 8.76. The molecule has 1 N–H and O–H groups in total. The second-order valence-corrected chi connectivity index (χ2v) is 2.98. The van der Waals surface area contributed by atoms with Crippen LogP contribution in [-0.4, -0.2) is 24.3 Å². The Hall–Kier alpha value is -0.830. The highest BCUT2D eigenvalue weighted by Crippen LogP contribution is 2.21. The Labute approximate surface area is 72.0 Å². The van der Waals surface area contributed by atoms with E-state index in [0.717, 1.165) is 24.8 Å². The predicted molar refractivity (Wildman–Crippen MR) is 45.0 cm³/mol. The Morgan fingerprint density at radius 1 is 1.67 bits per heavy atom. The first kappa shape index (κ1) is 9.26. The van der Waals surface area contributed by atoms with Crippen LogP contribution in [0.3, 0.4) is 0 Å². The van der Waals surface area contributed by atoms with Gasteiger partial charge in [-0.25, -0.2) is 4.79 Å². The van der Waals surface area contributed by atoms with Gasteiger partial charge in [-0.15, -0.1) is 0 Å². The SMILES string of the molecule is COC(C(=O)O)C1=CCCCC1. The Morgan fingerprint density at radius 3 is 2.83 bits per heavy atom.